The van der Waals surface area contributed by atoms with Crippen LogP contribution < -0.4 is 11.1 Å². The summed E-state index contributed by atoms with van der Waals surface area (Å²) in [4.78, 5) is 11.5. The minimum atomic E-state index is -4.24. The van der Waals surface area contributed by atoms with Crippen LogP contribution in [0.2, 0.25) is 0 Å². The molecular weight excluding hydrogens is 399 g/mol. The maximum Gasteiger partial charge on any atom is 0.393 e. The Kier molecular flexibility index (Phi) is 5.71. The van der Waals surface area contributed by atoms with Crippen molar-refractivity contribution in [2.24, 2.45) is 5.73 Å². The molecule has 1 aromatic carbocycles. The summed E-state index contributed by atoms with van der Waals surface area (Å²) in [5.41, 5.74) is 7.66. The van der Waals surface area contributed by atoms with Crippen LogP contribution in [0.25, 0.3) is 10.2 Å². The molecule has 0 aliphatic carbocycles. The number of nitrogens with zero attached hydrogens (tertiary/aromatic N) is 3. The fraction of sp³-hybridized carbons (Fsp3) is 0.400. The van der Waals surface area contributed by atoms with Crippen molar-refractivity contribution < 1.29 is 13.2 Å². The predicted octanol–water partition coefficient (Wildman–Crippen LogP) is 3.81. The lowest BCUT2D eigenvalue weighted by Crippen LogP contribution is -2.53. The highest BCUT2D eigenvalue weighted by Crippen LogP contribution is 2.33. The van der Waals surface area contributed by atoms with Gasteiger partial charge in [0.25, 0.3) is 0 Å². The van der Waals surface area contributed by atoms with Crippen molar-refractivity contribution in [3.63, 3.8) is 0 Å². The van der Waals surface area contributed by atoms with Gasteiger partial charge in [0.15, 0.2) is 0 Å². The number of aromatic nitrogens is 2. The summed E-state index contributed by atoms with van der Waals surface area (Å²) in [7, 11) is 0. The number of likely N-dealkylation sites (tertiary alicyclic amines) is 1. The number of anilines is 1. The van der Waals surface area contributed by atoms with E-state index in [4.69, 9.17) is 5.73 Å². The molecule has 0 unspecified atom stereocenters. The first-order chi connectivity index (χ1) is 13.9. The van der Waals surface area contributed by atoms with Gasteiger partial charge < -0.3 is 11.1 Å². The summed E-state index contributed by atoms with van der Waals surface area (Å²) >= 11 is 1.05. The normalized spacial score (nSPS) is 20.8. The first kappa shape index (κ1) is 20.1. The zero-order valence-electron chi connectivity index (χ0n) is 15.7. The third-order valence-electron chi connectivity index (χ3n) is 5.07. The highest BCUT2D eigenvalue weighted by atomic mass is 32.1. The Bertz CT molecular complexity index is 960. The van der Waals surface area contributed by atoms with E-state index in [0.29, 0.717) is 16.0 Å². The number of halogens is 3. The number of piperidine rings is 1. The van der Waals surface area contributed by atoms with Gasteiger partial charge in [-0.15, -0.1) is 11.3 Å². The SMILES string of the molecule is N[C@H]1CN(Cc2ccccc2)CC[C@@H]1Nc1ncnc2sc(CC(F)(F)F)cc12. The van der Waals surface area contributed by atoms with Gasteiger partial charge in [-0.3, -0.25) is 4.90 Å². The number of rotatable bonds is 5. The molecule has 0 radical (unpaired) electrons. The van der Waals surface area contributed by atoms with Crippen LogP contribution in [0, 0.1) is 0 Å². The smallest absolute Gasteiger partial charge is 0.365 e. The number of nitrogens with two attached hydrogens (primary N) is 1. The molecule has 2 atom stereocenters. The van der Waals surface area contributed by atoms with Crippen molar-refractivity contribution >= 4 is 27.4 Å². The van der Waals surface area contributed by atoms with E-state index in [1.165, 1.54) is 18.0 Å². The second-order valence-corrected chi connectivity index (χ2v) is 8.49. The molecular formula is C20H22F3N5S. The van der Waals surface area contributed by atoms with Crippen LogP contribution in [0.3, 0.4) is 0 Å². The Morgan fingerprint density at radius 2 is 2.00 bits per heavy atom. The van der Waals surface area contributed by atoms with Crippen molar-refractivity contribution in [3.8, 4) is 0 Å². The van der Waals surface area contributed by atoms with E-state index in [0.717, 1.165) is 37.4 Å². The molecule has 3 aromatic rings. The molecule has 0 saturated carbocycles. The molecule has 2 aromatic heterocycles. The van der Waals surface area contributed by atoms with Gasteiger partial charge in [0.2, 0.25) is 0 Å². The van der Waals surface area contributed by atoms with Crippen LogP contribution in [-0.2, 0) is 13.0 Å². The molecule has 4 rings (SSSR count). The average molecular weight is 421 g/mol. The minimum Gasteiger partial charge on any atom is -0.365 e. The number of fused-ring (bicyclic) bond motifs is 1. The largest absolute Gasteiger partial charge is 0.393 e. The van der Waals surface area contributed by atoms with Gasteiger partial charge in [-0.1, -0.05) is 30.3 Å². The Morgan fingerprint density at radius 3 is 2.72 bits per heavy atom. The van der Waals surface area contributed by atoms with E-state index < -0.39 is 12.6 Å². The molecule has 0 spiro atoms. The van der Waals surface area contributed by atoms with E-state index in [2.05, 4.69) is 32.3 Å². The van der Waals surface area contributed by atoms with Crippen molar-refractivity contribution in [2.45, 2.75) is 37.6 Å². The van der Waals surface area contributed by atoms with Crippen LogP contribution in [0.1, 0.15) is 16.9 Å². The van der Waals surface area contributed by atoms with E-state index >= 15 is 0 Å². The molecule has 0 bridgehead atoms. The zero-order valence-corrected chi connectivity index (χ0v) is 16.5. The Balaban J connectivity index is 1.43. The second kappa shape index (κ2) is 8.25. The number of nitrogens with one attached hydrogen (secondary N) is 1. The first-order valence-corrected chi connectivity index (χ1v) is 10.3. The van der Waals surface area contributed by atoms with Crippen molar-refractivity contribution in [1.29, 1.82) is 0 Å². The van der Waals surface area contributed by atoms with Gasteiger partial charge in [-0.05, 0) is 18.1 Å². The second-order valence-electron chi connectivity index (χ2n) is 7.37. The third-order valence-corrected chi connectivity index (χ3v) is 6.11. The highest BCUT2D eigenvalue weighted by molar-refractivity contribution is 7.18. The Labute approximate surface area is 170 Å². The van der Waals surface area contributed by atoms with Crippen LogP contribution in [0.15, 0.2) is 42.7 Å². The molecule has 1 saturated heterocycles. The summed E-state index contributed by atoms with van der Waals surface area (Å²) < 4.78 is 38.2. The van der Waals surface area contributed by atoms with Crippen LogP contribution in [0.4, 0.5) is 19.0 Å². The van der Waals surface area contributed by atoms with Crippen molar-refractivity contribution in [1.82, 2.24) is 14.9 Å². The number of benzene rings is 1. The van der Waals surface area contributed by atoms with Crippen LogP contribution in [-0.4, -0.2) is 46.2 Å². The summed E-state index contributed by atoms with van der Waals surface area (Å²) in [6.07, 6.45) is -2.98. The molecule has 5 nitrogen and oxygen atoms in total. The van der Waals surface area contributed by atoms with E-state index in [-0.39, 0.29) is 17.0 Å². The zero-order chi connectivity index (χ0) is 20.4. The highest BCUT2D eigenvalue weighted by Gasteiger charge is 2.30. The molecule has 154 valence electrons. The summed E-state index contributed by atoms with van der Waals surface area (Å²) in [5.74, 6) is 0.552. The lowest BCUT2D eigenvalue weighted by Gasteiger charge is -2.37. The fourth-order valence-corrected chi connectivity index (χ4v) is 4.72. The number of hydrogen-bond acceptors (Lipinski definition) is 6. The van der Waals surface area contributed by atoms with Gasteiger partial charge >= 0.3 is 6.18 Å². The van der Waals surface area contributed by atoms with E-state index in [1.54, 1.807) is 0 Å². The molecule has 0 amide bonds. The van der Waals surface area contributed by atoms with E-state index in [9.17, 15) is 13.2 Å². The minimum absolute atomic E-state index is 0.00564. The molecule has 3 heterocycles. The van der Waals surface area contributed by atoms with Gasteiger partial charge in [-0.25, -0.2) is 9.97 Å². The fourth-order valence-electron chi connectivity index (χ4n) is 3.70. The monoisotopic (exact) mass is 421 g/mol. The van der Waals surface area contributed by atoms with Gasteiger partial charge in [-0.2, -0.15) is 13.2 Å². The number of hydrogen-bond donors (Lipinski definition) is 2. The quantitative estimate of drug-likeness (QED) is 0.656. The van der Waals surface area contributed by atoms with Crippen LogP contribution in [0.5, 0.6) is 0 Å². The molecule has 9 heteroatoms. The lowest BCUT2D eigenvalue weighted by atomic mass is 9.99. The topological polar surface area (TPSA) is 67.1 Å². The number of alkyl halides is 3. The van der Waals surface area contributed by atoms with E-state index in [1.807, 2.05) is 18.2 Å². The number of thiophene rings is 1. The lowest BCUT2D eigenvalue weighted by molar-refractivity contribution is -0.126. The van der Waals surface area contributed by atoms with Gasteiger partial charge in [0.05, 0.1) is 11.8 Å². The summed E-state index contributed by atoms with van der Waals surface area (Å²) in [6.45, 7) is 2.48. The van der Waals surface area contributed by atoms with Crippen molar-refractivity contribution in [3.05, 3.63) is 53.2 Å². The molecule has 1 aliphatic heterocycles. The first-order valence-electron chi connectivity index (χ1n) is 9.46. The third kappa shape index (κ3) is 5.04. The molecule has 1 aliphatic rings. The predicted molar refractivity (Wildman–Crippen MR) is 109 cm³/mol. The van der Waals surface area contributed by atoms with Crippen molar-refractivity contribution in [2.75, 3.05) is 18.4 Å². The maximum absolute atomic E-state index is 12.7. The van der Waals surface area contributed by atoms with Crippen LogP contribution >= 0.6 is 11.3 Å². The Hall–Kier alpha value is -2.23. The summed E-state index contributed by atoms with van der Waals surface area (Å²) in [6, 6.07) is 11.7. The Morgan fingerprint density at radius 1 is 1.21 bits per heavy atom. The average Bonchev–Trinajstić information content (AvgIpc) is 3.06. The maximum atomic E-state index is 12.7. The van der Waals surface area contributed by atoms with Gasteiger partial charge in [0.1, 0.15) is 17.0 Å². The molecule has 29 heavy (non-hydrogen) atoms. The molecule has 1 fully saturated rings. The summed E-state index contributed by atoms with van der Waals surface area (Å²) in [5, 5.41) is 3.98. The molecule has 3 N–H and O–H groups in total. The standard InChI is InChI=1S/C20H22F3N5S/c21-20(22,23)9-14-8-15-18(25-12-26-19(15)29-14)27-17-6-7-28(11-16(17)24)10-13-4-2-1-3-5-13/h1-5,8,12,16-17H,6-7,9-11,24H2,(H,25,26,27)/t16-,17-/m0/s1. The van der Waals surface area contributed by atoms with Gasteiger partial charge in [0, 0.05) is 36.6 Å².